The van der Waals surface area contributed by atoms with Crippen LogP contribution in [0.3, 0.4) is 0 Å². The summed E-state index contributed by atoms with van der Waals surface area (Å²) in [5.41, 5.74) is 2.23. The van der Waals surface area contributed by atoms with Gasteiger partial charge in [-0.15, -0.1) is 0 Å². The van der Waals surface area contributed by atoms with Crippen molar-refractivity contribution in [2.45, 2.75) is 30.3 Å². The number of aliphatic hydroxyl groups excluding tert-OH is 1. The van der Waals surface area contributed by atoms with Crippen LogP contribution in [0, 0.1) is 0 Å². The van der Waals surface area contributed by atoms with Gasteiger partial charge >= 0.3 is 5.69 Å². The molecule has 0 aliphatic carbocycles. The number of anilines is 1. The largest absolute Gasteiger partial charge is 0.394 e. The molecule has 0 bridgehead atoms. The number of aliphatic hydroxyl groups is 1. The fourth-order valence-corrected chi connectivity index (χ4v) is 5.79. The first kappa shape index (κ1) is 28.2. The summed E-state index contributed by atoms with van der Waals surface area (Å²) in [6.45, 7) is -0.240. The summed E-state index contributed by atoms with van der Waals surface area (Å²) in [6.07, 6.45) is 0.700. The van der Waals surface area contributed by atoms with E-state index in [4.69, 9.17) is 4.74 Å². The van der Waals surface area contributed by atoms with Gasteiger partial charge in [0.15, 0.2) is 0 Å². The van der Waals surface area contributed by atoms with Crippen molar-refractivity contribution in [3.8, 4) is 0 Å². The summed E-state index contributed by atoms with van der Waals surface area (Å²) in [5.74, 6) is -0.205. The molecule has 1 aliphatic rings. The Kier molecular flexibility index (Phi) is 8.24. The lowest BCUT2D eigenvalue weighted by molar-refractivity contribution is -0.0299. The molecule has 2 heterocycles. The molecule has 1 aromatic heterocycles. The number of aromatic nitrogens is 2. The highest BCUT2D eigenvalue weighted by Crippen LogP contribution is 2.40. The molecule has 1 fully saturated rings. The number of amides is 1. The van der Waals surface area contributed by atoms with Crippen LogP contribution in [0.15, 0.2) is 138 Å². The zero-order valence-electron chi connectivity index (χ0n) is 23.4. The highest BCUT2D eigenvalue weighted by Gasteiger charge is 2.44. The van der Waals surface area contributed by atoms with E-state index in [-0.39, 0.29) is 24.4 Å². The summed E-state index contributed by atoms with van der Waals surface area (Å²) in [4.78, 5) is 29.8. The van der Waals surface area contributed by atoms with Crippen LogP contribution in [0.4, 0.5) is 5.82 Å². The average molecular weight is 573 g/mol. The van der Waals surface area contributed by atoms with Crippen LogP contribution in [0.2, 0.25) is 0 Å². The molecule has 5 aromatic rings. The number of hydrogen-bond donors (Lipinski definition) is 3. The molecular formula is C35H32N4O4. The van der Waals surface area contributed by atoms with Crippen LogP contribution in [-0.2, 0) is 10.3 Å². The third-order valence-corrected chi connectivity index (χ3v) is 7.86. The lowest BCUT2D eigenvalue weighted by Crippen LogP contribution is -2.53. The number of nitrogens with one attached hydrogen (secondary N) is 2. The van der Waals surface area contributed by atoms with E-state index in [9.17, 15) is 14.7 Å². The molecule has 1 saturated heterocycles. The lowest BCUT2D eigenvalue weighted by atomic mass is 9.76. The highest BCUT2D eigenvalue weighted by molar-refractivity contribution is 6.03. The molecule has 1 aliphatic heterocycles. The molecule has 0 radical (unpaired) electrons. The van der Waals surface area contributed by atoms with Gasteiger partial charge in [0, 0.05) is 24.2 Å². The molecule has 0 saturated carbocycles. The van der Waals surface area contributed by atoms with Gasteiger partial charge in [-0.1, -0.05) is 109 Å². The van der Waals surface area contributed by atoms with Gasteiger partial charge in [0.2, 0.25) is 0 Å². The maximum Gasteiger partial charge on any atom is 0.351 e. The van der Waals surface area contributed by atoms with Crippen molar-refractivity contribution in [2.75, 3.05) is 11.9 Å². The first-order valence-corrected chi connectivity index (χ1v) is 14.2. The molecule has 43 heavy (non-hydrogen) atoms. The lowest BCUT2D eigenvalue weighted by Gasteiger charge is -2.40. The van der Waals surface area contributed by atoms with Crippen molar-refractivity contribution in [1.29, 1.82) is 0 Å². The molecule has 4 aromatic carbocycles. The average Bonchev–Trinajstić information content (AvgIpc) is 3.47. The van der Waals surface area contributed by atoms with E-state index in [1.807, 2.05) is 60.7 Å². The summed E-state index contributed by atoms with van der Waals surface area (Å²) in [6, 6.07) is 40.5. The summed E-state index contributed by atoms with van der Waals surface area (Å²) in [7, 11) is 0. The first-order valence-electron chi connectivity index (χ1n) is 14.2. The van der Waals surface area contributed by atoms with Crippen molar-refractivity contribution in [3.05, 3.63) is 166 Å². The Morgan fingerprint density at radius 1 is 0.814 bits per heavy atom. The number of rotatable bonds is 9. The minimum absolute atomic E-state index is 0.151. The minimum atomic E-state index is -0.769. The van der Waals surface area contributed by atoms with Crippen LogP contribution >= 0.6 is 0 Å². The number of nitrogens with zero attached hydrogens (tertiary/aromatic N) is 2. The van der Waals surface area contributed by atoms with Gasteiger partial charge in [-0.05, 0) is 34.9 Å². The van der Waals surface area contributed by atoms with Gasteiger partial charge < -0.3 is 15.2 Å². The first-order chi connectivity index (χ1) is 21.1. The summed E-state index contributed by atoms with van der Waals surface area (Å²) in [5, 5.41) is 17.0. The number of benzene rings is 4. The standard InChI is InChI=1S/C35H32N4O4/c40-24-30-29(23-32(43-30)39-22-21-31(37-34(39)42)36-33(41)25-13-5-1-6-14-25)38-35(26-15-7-2-8-16-26,27-17-9-3-10-18-27)28-19-11-4-12-20-28/h1-22,29-30,32,38,40H,23-24H2,(H,36,37,41,42). The number of hydrogen-bond acceptors (Lipinski definition) is 6. The van der Waals surface area contributed by atoms with Crippen molar-refractivity contribution in [3.63, 3.8) is 0 Å². The Bertz CT molecular complexity index is 1620. The molecule has 8 heteroatoms. The van der Waals surface area contributed by atoms with E-state index in [1.165, 1.54) is 4.57 Å². The Morgan fingerprint density at radius 3 is 1.81 bits per heavy atom. The summed E-state index contributed by atoms with van der Waals surface area (Å²) >= 11 is 0. The quantitative estimate of drug-likeness (QED) is 0.221. The van der Waals surface area contributed by atoms with Crippen molar-refractivity contribution < 1.29 is 14.6 Å². The third-order valence-electron chi connectivity index (χ3n) is 7.86. The molecule has 3 atom stereocenters. The van der Waals surface area contributed by atoms with E-state index in [2.05, 4.69) is 52.0 Å². The van der Waals surface area contributed by atoms with Crippen molar-refractivity contribution >= 4 is 11.7 Å². The van der Waals surface area contributed by atoms with Crippen molar-refractivity contribution in [2.24, 2.45) is 0 Å². The predicted molar refractivity (Wildman–Crippen MR) is 165 cm³/mol. The molecular weight excluding hydrogens is 540 g/mol. The van der Waals surface area contributed by atoms with Gasteiger partial charge in [-0.3, -0.25) is 14.7 Å². The minimum Gasteiger partial charge on any atom is -0.394 e. The summed E-state index contributed by atoms with van der Waals surface area (Å²) < 4.78 is 7.66. The molecule has 3 N–H and O–H groups in total. The molecule has 0 spiro atoms. The Labute approximate surface area is 249 Å². The number of carbonyl (C=O) groups excluding carboxylic acids is 1. The van der Waals surface area contributed by atoms with E-state index in [1.54, 1.807) is 36.5 Å². The SMILES string of the molecule is O=C(Nc1ccn(C2CC(NC(c3ccccc3)(c3ccccc3)c3ccccc3)C(CO)O2)c(=O)n1)c1ccccc1. The monoisotopic (exact) mass is 572 g/mol. The maximum atomic E-state index is 13.1. The maximum absolute atomic E-state index is 13.1. The molecule has 3 unspecified atom stereocenters. The van der Waals surface area contributed by atoms with Crippen LogP contribution in [-0.4, -0.2) is 39.3 Å². The van der Waals surface area contributed by atoms with E-state index >= 15 is 0 Å². The molecule has 8 nitrogen and oxygen atoms in total. The molecule has 6 rings (SSSR count). The van der Waals surface area contributed by atoms with E-state index in [0.29, 0.717) is 12.0 Å². The highest BCUT2D eigenvalue weighted by atomic mass is 16.5. The second-order valence-corrected chi connectivity index (χ2v) is 10.5. The number of ether oxygens (including phenoxy) is 1. The van der Waals surface area contributed by atoms with Gasteiger partial charge in [0.25, 0.3) is 5.91 Å². The van der Waals surface area contributed by atoms with Gasteiger partial charge in [-0.25, -0.2) is 4.79 Å². The van der Waals surface area contributed by atoms with Crippen LogP contribution in [0.25, 0.3) is 0 Å². The second-order valence-electron chi connectivity index (χ2n) is 10.5. The van der Waals surface area contributed by atoms with Crippen LogP contribution < -0.4 is 16.3 Å². The van der Waals surface area contributed by atoms with Gasteiger partial charge in [0.1, 0.15) is 12.0 Å². The van der Waals surface area contributed by atoms with Gasteiger partial charge in [0.05, 0.1) is 18.2 Å². The normalized spacial score (nSPS) is 18.3. The zero-order valence-corrected chi connectivity index (χ0v) is 23.4. The van der Waals surface area contributed by atoms with Crippen LogP contribution in [0.1, 0.15) is 39.7 Å². The van der Waals surface area contributed by atoms with Gasteiger partial charge in [-0.2, -0.15) is 4.98 Å². The number of carbonyl (C=O) groups is 1. The fraction of sp³-hybridized carbons (Fsp3) is 0.171. The second kappa shape index (κ2) is 12.5. The Morgan fingerprint density at radius 2 is 1.33 bits per heavy atom. The predicted octanol–water partition coefficient (Wildman–Crippen LogP) is 4.73. The zero-order chi connectivity index (χ0) is 29.6. The third kappa shape index (κ3) is 5.76. The smallest absolute Gasteiger partial charge is 0.351 e. The Balaban J connectivity index is 1.32. The molecule has 1 amide bonds. The van der Waals surface area contributed by atoms with E-state index in [0.717, 1.165) is 16.7 Å². The molecule has 216 valence electrons. The fourth-order valence-electron chi connectivity index (χ4n) is 5.79. The Hall–Kier alpha value is -4.89. The topological polar surface area (TPSA) is 105 Å². The van der Waals surface area contributed by atoms with Crippen LogP contribution in [0.5, 0.6) is 0 Å². The van der Waals surface area contributed by atoms with Crippen molar-refractivity contribution in [1.82, 2.24) is 14.9 Å². The van der Waals surface area contributed by atoms with E-state index < -0.39 is 23.6 Å².